The molecule has 1 amide bonds. The van der Waals surface area contributed by atoms with Gasteiger partial charge in [-0.3, -0.25) is 9.10 Å². The van der Waals surface area contributed by atoms with Gasteiger partial charge >= 0.3 is 0 Å². The lowest BCUT2D eigenvalue weighted by Gasteiger charge is -2.17. The minimum absolute atomic E-state index is 0.0986. The van der Waals surface area contributed by atoms with E-state index in [1.165, 1.54) is 4.31 Å². The van der Waals surface area contributed by atoms with Gasteiger partial charge in [0.15, 0.2) is 0 Å². The number of halogens is 1. The van der Waals surface area contributed by atoms with Crippen molar-refractivity contribution in [3.63, 3.8) is 0 Å². The Hall–Kier alpha value is -2.05. The molecule has 0 unspecified atom stereocenters. The average molecular weight is 393 g/mol. The first-order chi connectivity index (χ1) is 12.5. The molecule has 26 heavy (non-hydrogen) atoms. The molecule has 0 bridgehead atoms. The lowest BCUT2D eigenvalue weighted by atomic mass is 10.1. The highest BCUT2D eigenvalue weighted by atomic mass is 35.5. The lowest BCUT2D eigenvalue weighted by molar-refractivity contribution is -0.116. The van der Waals surface area contributed by atoms with E-state index in [1.54, 1.807) is 24.3 Å². The number of amides is 1. The van der Waals surface area contributed by atoms with Crippen LogP contribution in [0.5, 0.6) is 0 Å². The van der Waals surface area contributed by atoms with Crippen LogP contribution in [0.25, 0.3) is 0 Å². The molecule has 0 spiro atoms. The molecule has 1 N–H and O–H groups in total. The third-order valence-electron chi connectivity index (χ3n) is 4.32. The number of carbonyl (C=O) groups is 1. The zero-order valence-electron chi connectivity index (χ0n) is 14.3. The molecular weight excluding hydrogens is 372 g/mol. The van der Waals surface area contributed by atoms with E-state index in [2.05, 4.69) is 5.32 Å². The quantitative estimate of drug-likeness (QED) is 0.812. The van der Waals surface area contributed by atoms with Crippen molar-refractivity contribution in [2.75, 3.05) is 21.9 Å². The minimum Gasteiger partial charge on any atom is -0.326 e. The maximum Gasteiger partial charge on any atom is 0.235 e. The number of hydrogen-bond acceptors (Lipinski definition) is 3. The fraction of sp³-hybridized carbons (Fsp3) is 0.316. The molecule has 0 aliphatic carbocycles. The SMILES string of the molecule is O=C(CCCc1ccccc1Cl)Nc1cccc(N2CCCS2(=O)=O)c1. The van der Waals surface area contributed by atoms with Gasteiger partial charge in [0.1, 0.15) is 0 Å². The summed E-state index contributed by atoms with van der Waals surface area (Å²) in [5.41, 5.74) is 2.23. The van der Waals surface area contributed by atoms with E-state index in [9.17, 15) is 13.2 Å². The van der Waals surface area contributed by atoms with Gasteiger partial charge in [-0.25, -0.2) is 8.42 Å². The third-order valence-corrected chi connectivity index (χ3v) is 6.56. The molecule has 1 fully saturated rings. The van der Waals surface area contributed by atoms with Gasteiger partial charge in [-0.05, 0) is 49.1 Å². The summed E-state index contributed by atoms with van der Waals surface area (Å²) < 4.78 is 25.5. The molecule has 3 rings (SSSR count). The zero-order valence-corrected chi connectivity index (χ0v) is 15.9. The molecule has 2 aromatic carbocycles. The first kappa shape index (κ1) is 18.7. The number of nitrogens with zero attached hydrogens (tertiary/aromatic N) is 1. The molecule has 1 aliphatic rings. The highest BCUT2D eigenvalue weighted by molar-refractivity contribution is 7.93. The molecule has 138 valence electrons. The molecule has 1 aliphatic heterocycles. The van der Waals surface area contributed by atoms with Crippen molar-refractivity contribution in [2.45, 2.75) is 25.7 Å². The molecule has 1 saturated heterocycles. The molecule has 0 radical (unpaired) electrons. The van der Waals surface area contributed by atoms with Crippen molar-refractivity contribution in [3.05, 3.63) is 59.1 Å². The van der Waals surface area contributed by atoms with Gasteiger partial charge in [-0.2, -0.15) is 0 Å². The minimum atomic E-state index is -3.23. The number of benzene rings is 2. The Morgan fingerprint density at radius 2 is 1.96 bits per heavy atom. The summed E-state index contributed by atoms with van der Waals surface area (Å²) in [5.74, 6) is 0.0736. The van der Waals surface area contributed by atoms with Crippen molar-refractivity contribution in [1.82, 2.24) is 0 Å². The van der Waals surface area contributed by atoms with Gasteiger partial charge in [0.25, 0.3) is 0 Å². The predicted octanol–water partition coefficient (Wildman–Crippen LogP) is 3.84. The standard InChI is InChI=1S/C19H21ClN2O3S/c20-18-10-2-1-6-15(18)7-3-11-19(23)21-16-8-4-9-17(14-16)22-12-5-13-26(22,24)25/h1-2,4,6,8-10,14H,3,5,7,11-13H2,(H,21,23). The molecule has 0 saturated carbocycles. The molecule has 7 heteroatoms. The predicted molar refractivity (Wildman–Crippen MR) is 105 cm³/mol. The highest BCUT2D eigenvalue weighted by Gasteiger charge is 2.28. The van der Waals surface area contributed by atoms with Crippen LogP contribution in [0.2, 0.25) is 5.02 Å². The molecular formula is C19H21ClN2O3S. The van der Waals surface area contributed by atoms with Crippen LogP contribution in [0.15, 0.2) is 48.5 Å². The Bertz CT molecular complexity index is 899. The van der Waals surface area contributed by atoms with E-state index in [-0.39, 0.29) is 11.7 Å². The third kappa shape index (κ3) is 4.56. The summed E-state index contributed by atoms with van der Waals surface area (Å²) in [7, 11) is -3.23. The van der Waals surface area contributed by atoms with E-state index in [1.807, 2.05) is 24.3 Å². The van der Waals surface area contributed by atoms with Gasteiger partial charge in [-0.15, -0.1) is 0 Å². The van der Waals surface area contributed by atoms with E-state index in [4.69, 9.17) is 11.6 Å². The van der Waals surface area contributed by atoms with Crippen molar-refractivity contribution >= 4 is 38.9 Å². The van der Waals surface area contributed by atoms with E-state index >= 15 is 0 Å². The van der Waals surface area contributed by atoms with E-state index < -0.39 is 10.0 Å². The molecule has 2 aromatic rings. The van der Waals surface area contributed by atoms with Crippen molar-refractivity contribution in [1.29, 1.82) is 0 Å². The van der Waals surface area contributed by atoms with Crippen LogP contribution in [0.3, 0.4) is 0 Å². The van der Waals surface area contributed by atoms with Crippen LogP contribution < -0.4 is 9.62 Å². The number of rotatable bonds is 6. The topological polar surface area (TPSA) is 66.5 Å². The zero-order chi connectivity index (χ0) is 18.6. The highest BCUT2D eigenvalue weighted by Crippen LogP contribution is 2.26. The molecule has 0 aromatic heterocycles. The van der Waals surface area contributed by atoms with Gasteiger partial charge < -0.3 is 5.32 Å². The molecule has 5 nitrogen and oxygen atoms in total. The van der Waals surface area contributed by atoms with E-state index in [0.29, 0.717) is 42.2 Å². The van der Waals surface area contributed by atoms with Crippen molar-refractivity contribution < 1.29 is 13.2 Å². The summed E-state index contributed by atoms with van der Waals surface area (Å²) >= 11 is 6.12. The first-order valence-corrected chi connectivity index (χ1v) is 10.6. The fourth-order valence-electron chi connectivity index (χ4n) is 3.03. The number of hydrogen-bond donors (Lipinski definition) is 1. The Balaban J connectivity index is 1.56. The Morgan fingerprint density at radius 3 is 2.69 bits per heavy atom. The number of anilines is 2. The van der Waals surface area contributed by atoms with Crippen LogP contribution in [-0.4, -0.2) is 26.6 Å². The summed E-state index contributed by atoms with van der Waals surface area (Å²) in [6, 6.07) is 14.6. The average Bonchev–Trinajstić information content (AvgIpc) is 2.96. The van der Waals surface area contributed by atoms with Crippen LogP contribution >= 0.6 is 11.6 Å². The van der Waals surface area contributed by atoms with E-state index in [0.717, 1.165) is 12.0 Å². The van der Waals surface area contributed by atoms with Gasteiger partial charge in [0, 0.05) is 23.7 Å². The number of sulfonamides is 1. The summed E-state index contributed by atoms with van der Waals surface area (Å²) in [6.45, 7) is 0.484. The number of carbonyl (C=O) groups excluding carboxylic acids is 1. The number of nitrogens with one attached hydrogen (secondary N) is 1. The second kappa shape index (κ2) is 8.10. The van der Waals surface area contributed by atoms with Crippen LogP contribution in [0.4, 0.5) is 11.4 Å². The lowest BCUT2D eigenvalue weighted by Crippen LogP contribution is -2.25. The Labute approximate surface area is 159 Å². The molecule has 0 atom stereocenters. The summed E-state index contributed by atoms with van der Waals surface area (Å²) in [6.07, 6.45) is 2.42. The van der Waals surface area contributed by atoms with Crippen molar-refractivity contribution in [3.8, 4) is 0 Å². The van der Waals surface area contributed by atoms with Crippen LogP contribution in [0, 0.1) is 0 Å². The van der Waals surface area contributed by atoms with Crippen LogP contribution in [0.1, 0.15) is 24.8 Å². The monoisotopic (exact) mass is 392 g/mol. The first-order valence-electron chi connectivity index (χ1n) is 8.59. The second-order valence-electron chi connectivity index (χ2n) is 6.29. The van der Waals surface area contributed by atoms with Gasteiger partial charge in [0.05, 0.1) is 11.4 Å². The van der Waals surface area contributed by atoms with Crippen LogP contribution in [-0.2, 0) is 21.2 Å². The number of aryl methyl sites for hydroxylation is 1. The smallest absolute Gasteiger partial charge is 0.235 e. The second-order valence-corrected chi connectivity index (χ2v) is 8.71. The maximum atomic E-state index is 12.2. The largest absolute Gasteiger partial charge is 0.326 e. The summed E-state index contributed by atoms with van der Waals surface area (Å²) in [4.78, 5) is 12.2. The summed E-state index contributed by atoms with van der Waals surface area (Å²) in [5, 5.41) is 3.56. The molecule has 1 heterocycles. The van der Waals surface area contributed by atoms with Gasteiger partial charge in [-0.1, -0.05) is 35.9 Å². The van der Waals surface area contributed by atoms with Gasteiger partial charge in [0.2, 0.25) is 15.9 Å². The Kier molecular flexibility index (Phi) is 5.84. The Morgan fingerprint density at radius 1 is 1.15 bits per heavy atom. The maximum absolute atomic E-state index is 12.2. The van der Waals surface area contributed by atoms with Crippen molar-refractivity contribution in [2.24, 2.45) is 0 Å². The fourth-order valence-corrected chi connectivity index (χ4v) is 4.82. The normalized spacial score (nSPS) is 15.8.